The zero-order chi connectivity index (χ0) is 34.0. The summed E-state index contributed by atoms with van der Waals surface area (Å²) in [6.45, 7) is 1.36. The first-order valence-corrected chi connectivity index (χ1v) is 17.6. The third kappa shape index (κ3) is 7.26. The summed E-state index contributed by atoms with van der Waals surface area (Å²) in [6.07, 6.45) is -0.153. The minimum atomic E-state index is -4.47. The van der Waals surface area contributed by atoms with Gasteiger partial charge in [-0.05, 0) is 84.7 Å². The molecule has 0 saturated carbocycles. The second-order valence-electron chi connectivity index (χ2n) is 12.8. The molecule has 0 spiro atoms. The Hall–Kier alpha value is -4.54. The Balaban J connectivity index is 0.923. The predicted octanol–water partition coefficient (Wildman–Crippen LogP) is 7.97. The Labute approximate surface area is 287 Å². The zero-order valence-electron chi connectivity index (χ0n) is 26.9. The molecule has 2 amide bonds. The number of carbonyl (C=O) groups excluding carboxylic acids is 2. The smallest absolute Gasteiger partial charge is 0.349 e. The molecule has 1 unspecified atom stereocenters. The van der Waals surface area contributed by atoms with Gasteiger partial charge in [0.05, 0.1) is 16.1 Å². The number of benzene rings is 4. The highest BCUT2D eigenvalue weighted by Gasteiger charge is 2.37. The van der Waals surface area contributed by atoms with Crippen molar-refractivity contribution in [2.24, 2.45) is 0 Å². The molecule has 4 aromatic carbocycles. The summed E-state index contributed by atoms with van der Waals surface area (Å²) >= 11 is 1.59. The first-order chi connectivity index (χ1) is 23.7. The summed E-state index contributed by atoms with van der Waals surface area (Å²) in [5.41, 5.74) is 6.82. The van der Waals surface area contributed by atoms with Gasteiger partial charge < -0.3 is 15.5 Å². The molecule has 2 aliphatic rings. The fourth-order valence-electron chi connectivity index (χ4n) is 7.19. The highest BCUT2D eigenvalue weighted by atomic mass is 32.1. The number of halogens is 3. The largest absolute Gasteiger partial charge is 0.405 e. The van der Waals surface area contributed by atoms with Crippen molar-refractivity contribution in [3.8, 4) is 21.7 Å². The molecular weight excluding hydrogens is 646 g/mol. The number of aromatic nitrogens is 1. The molecule has 5 aromatic rings. The number of carbonyl (C=O) groups is 2. The van der Waals surface area contributed by atoms with Crippen LogP contribution in [0.5, 0.6) is 0 Å². The second-order valence-corrected chi connectivity index (χ2v) is 13.8. The van der Waals surface area contributed by atoms with Crippen molar-refractivity contribution >= 4 is 33.4 Å². The number of piperidine rings is 1. The molecule has 1 aliphatic carbocycles. The van der Waals surface area contributed by atoms with E-state index in [1.807, 2.05) is 91.0 Å². The Morgan fingerprint density at radius 1 is 0.837 bits per heavy atom. The Bertz CT molecular complexity index is 1950. The summed E-state index contributed by atoms with van der Waals surface area (Å²) in [7, 11) is 0. The number of para-hydroxylation sites is 1. The number of hydrogen-bond donors (Lipinski definition) is 2. The van der Waals surface area contributed by atoms with Gasteiger partial charge in [-0.15, -0.1) is 11.3 Å². The maximum atomic E-state index is 13.4. The molecule has 10 heteroatoms. The highest BCUT2D eigenvalue weighted by Crippen LogP contribution is 2.46. The van der Waals surface area contributed by atoms with Crippen molar-refractivity contribution in [1.29, 1.82) is 0 Å². The van der Waals surface area contributed by atoms with Crippen molar-refractivity contribution in [2.75, 3.05) is 26.2 Å². The summed E-state index contributed by atoms with van der Waals surface area (Å²) < 4.78 is 39.9. The van der Waals surface area contributed by atoms with E-state index in [9.17, 15) is 22.8 Å². The predicted molar refractivity (Wildman–Crippen MR) is 188 cm³/mol. The molecule has 1 aliphatic heterocycles. The van der Waals surface area contributed by atoms with Crippen LogP contribution in [0.4, 0.5) is 13.2 Å². The molecule has 6 nitrogen and oxygen atoms in total. The van der Waals surface area contributed by atoms with Crippen molar-refractivity contribution in [2.45, 2.75) is 50.2 Å². The molecule has 1 atom stereocenters. The number of hydrogen-bond acceptors (Lipinski definition) is 5. The van der Waals surface area contributed by atoms with Crippen LogP contribution in [0.2, 0.25) is 0 Å². The topological polar surface area (TPSA) is 74.3 Å². The number of amides is 2. The van der Waals surface area contributed by atoms with Crippen LogP contribution in [0, 0.1) is 0 Å². The molecule has 7 rings (SSSR count). The van der Waals surface area contributed by atoms with Gasteiger partial charge in [0.25, 0.3) is 5.91 Å². The van der Waals surface area contributed by atoms with Gasteiger partial charge in [-0.3, -0.25) is 9.59 Å². The summed E-state index contributed by atoms with van der Waals surface area (Å²) in [6, 6.07) is 29.2. The summed E-state index contributed by atoms with van der Waals surface area (Å²) in [4.78, 5) is 33.8. The average Bonchev–Trinajstić information content (AvgIpc) is 3.70. The van der Waals surface area contributed by atoms with Crippen LogP contribution in [0.1, 0.15) is 58.6 Å². The lowest BCUT2D eigenvalue weighted by molar-refractivity contribution is -0.138. The number of likely N-dealkylation sites (tertiary alicyclic amines) is 1. The van der Waals surface area contributed by atoms with E-state index in [1.54, 1.807) is 11.3 Å². The normalized spacial score (nSPS) is 16.3. The lowest BCUT2D eigenvalue weighted by Gasteiger charge is -2.32. The van der Waals surface area contributed by atoms with Crippen molar-refractivity contribution in [3.05, 3.63) is 113 Å². The molecule has 252 valence electrons. The van der Waals surface area contributed by atoms with E-state index in [2.05, 4.69) is 15.5 Å². The van der Waals surface area contributed by atoms with E-state index in [4.69, 9.17) is 4.98 Å². The van der Waals surface area contributed by atoms with E-state index in [-0.39, 0.29) is 11.9 Å². The van der Waals surface area contributed by atoms with Crippen LogP contribution in [0.3, 0.4) is 0 Å². The number of aryl methyl sites for hydroxylation is 1. The third-order valence-electron chi connectivity index (χ3n) is 9.56. The van der Waals surface area contributed by atoms with Crippen LogP contribution >= 0.6 is 11.3 Å². The first-order valence-electron chi connectivity index (χ1n) is 16.8. The van der Waals surface area contributed by atoms with Gasteiger partial charge in [0, 0.05) is 30.3 Å². The first kappa shape index (κ1) is 33.0. The molecular formula is C39H37F3N4O2S. The minimum absolute atomic E-state index is 0.0729. The second kappa shape index (κ2) is 14.1. The quantitative estimate of drug-likeness (QED) is 0.147. The monoisotopic (exact) mass is 682 g/mol. The molecule has 49 heavy (non-hydrogen) atoms. The minimum Gasteiger partial charge on any atom is -0.349 e. The molecule has 1 saturated heterocycles. The maximum Gasteiger partial charge on any atom is 0.405 e. The van der Waals surface area contributed by atoms with Gasteiger partial charge in [0.1, 0.15) is 11.6 Å². The van der Waals surface area contributed by atoms with Crippen LogP contribution < -0.4 is 10.6 Å². The lowest BCUT2D eigenvalue weighted by Crippen LogP contribution is -2.44. The Morgan fingerprint density at radius 2 is 1.55 bits per heavy atom. The summed E-state index contributed by atoms with van der Waals surface area (Å²) in [5, 5.41) is 6.23. The van der Waals surface area contributed by atoms with Crippen LogP contribution in [0.15, 0.2) is 91.0 Å². The van der Waals surface area contributed by atoms with Gasteiger partial charge in [-0.2, -0.15) is 13.2 Å². The van der Waals surface area contributed by atoms with E-state index in [0.29, 0.717) is 5.56 Å². The molecule has 1 aromatic heterocycles. The summed E-state index contributed by atoms with van der Waals surface area (Å²) in [5.74, 6) is -1.45. The number of unbranched alkanes of at least 4 members (excludes halogenated alkanes) is 1. The zero-order valence-corrected chi connectivity index (χ0v) is 27.7. The van der Waals surface area contributed by atoms with Crippen LogP contribution in [0.25, 0.3) is 31.9 Å². The van der Waals surface area contributed by atoms with Gasteiger partial charge in [-0.25, -0.2) is 4.98 Å². The van der Waals surface area contributed by atoms with Crippen LogP contribution in [-0.4, -0.2) is 60.1 Å². The van der Waals surface area contributed by atoms with Crippen molar-refractivity contribution in [3.63, 3.8) is 0 Å². The Kier molecular flexibility index (Phi) is 9.51. The molecule has 2 heterocycles. The molecule has 0 bridgehead atoms. The molecule has 2 N–H and O–H groups in total. The average molecular weight is 683 g/mol. The number of thiazole rings is 1. The Morgan fingerprint density at radius 3 is 2.35 bits per heavy atom. The fourth-order valence-corrected chi connectivity index (χ4v) is 8.19. The number of nitrogens with one attached hydrogen (secondary N) is 2. The fraction of sp³-hybridized carbons (Fsp3) is 0.308. The van der Waals surface area contributed by atoms with E-state index in [1.165, 1.54) is 0 Å². The van der Waals surface area contributed by atoms with Crippen LogP contribution in [-0.2, 0) is 11.2 Å². The molecule has 1 fully saturated rings. The maximum absolute atomic E-state index is 13.4. The van der Waals surface area contributed by atoms with Gasteiger partial charge in [0.15, 0.2) is 0 Å². The number of alkyl halides is 3. The van der Waals surface area contributed by atoms with Gasteiger partial charge in [0.2, 0.25) is 5.91 Å². The van der Waals surface area contributed by atoms with E-state index >= 15 is 0 Å². The van der Waals surface area contributed by atoms with Crippen molar-refractivity contribution in [1.82, 2.24) is 20.5 Å². The van der Waals surface area contributed by atoms with E-state index < -0.39 is 24.5 Å². The van der Waals surface area contributed by atoms with Crippen molar-refractivity contribution < 1.29 is 22.8 Å². The highest BCUT2D eigenvalue weighted by molar-refractivity contribution is 7.21. The van der Waals surface area contributed by atoms with Gasteiger partial charge in [-0.1, -0.05) is 72.8 Å². The number of rotatable bonds is 10. The van der Waals surface area contributed by atoms with E-state index in [0.717, 1.165) is 100 Å². The number of nitrogens with zero attached hydrogens (tertiary/aromatic N) is 2. The lowest BCUT2D eigenvalue weighted by atomic mass is 9.90. The van der Waals surface area contributed by atoms with Gasteiger partial charge >= 0.3 is 6.18 Å². The standard InChI is InChI=1S/C39H37F3N4O2S/c40-39(41,42)24-43-37(48)35-29-13-2-1-12-27(29)28-16-9-11-25(34(28)35)10-7-8-21-46-22-19-26(20-23-46)44-36(47)30-14-3-4-15-31(30)38-45-32-17-5-6-18-33(32)49-38/h1-6,9,11-18,26,35H,7-8,10,19-24H2,(H,43,48)(H,44,47). The molecule has 0 radical (unpaired) electrons. The third-order valence-corrected chi connectivity index (χ3v) is 10.6. The number of fused-ring (bicyclic) bond motifs is 4. The SMILES string of the molecule is O=C(NC1CCN(CCCCc2cccc3c2C(C(=O)NCC(F)(F)F)c2ccccc2-3)CC1)c1ccccc1-c1nc2ccccc2s1.